The van der Waals surface area contributed by atoms with Gasteiger partial charge < -0.3 is 10.6 Å². The van der Waals surface area contributed by atoms with E-state index in [1.54, 1.807) is 11.0 Å². The van der Waals surface area contributed by atoms with Gasteiger partial charge in [0.05, 0.1) is 13.1 Å². The number of para-hydroxylation sites is 1. The number of hydrogen-bond donors (Lipinski definition) is 2. The minimum Gasteiger partial charge on any atom is -0.349 e. The van der Waals surface area contributed by atoms with Crippen LogP contribution in [0.5, 0.6) is 0 Å². The van der Waals surface area contributed by atoms with Crippen molar-refractivity contribution >= 4 is 35.6 Å². The number of aryl methyl sites for hydroxylation is 2. The first-order valence-corrected chi connectivity index (χ1v) is 8.19. The van der Waals surface area contributed by atoms with Gasteiger partial charge in [0.2, 0.25) is 0 Å². The van der Waals surface area contributed by atoms with Gasteiger partial charge in [-0.3, -0.25) is 4.68 Å². The lowest BCUT2D eigenvalue weighted by atomic mass is 10.1. The minimum absolute atomic E-state index is 0. The fraction of sp³-hybridized carbons (Fsp3) is 0.211. The van der Waals surface area contributed by atoms with E-state index in [0.29, 0.717) is 19.0 Å². The van der Waals surface area contributed by atoms with E-state index >= 15 is 0 Å². The monoisotopic (exact) mass is 462 g/mol. The van der Waals surface area contributed by atoms with Gasteiger partial charge in [0.15, 0.2) is 5.96 Å². The minimum atomic E-state index is 0. The Morgan fingerprint density at radius 3 is 2.46 bits per heavy atom. The first kappa shape index (κ1) is 19.9. The first-order valence-electron chi connectivity index (χ1n) is 8.19. The molecule has 1 heterocycles. The Hall–Kier alpha value is -2.42. The fourth-order valence-corrected chi connectivity index (χ4v) is 2.30. The Kier molecular flexibility index (Phi) is 7.58. The van der Waals surface area contributed by atoms with Gasteiger partial charge >= 0.3 is 0 Å². The molecule has 6 nitrogen and oxygen atoms in total. The molecule has 0 aliphatic rings. The van der Waals surface area contributed by atoms with Crippen LogP contribution in [0.15, 0.2) is 65.9 Å². The van der Waals surface area contributed by atoms with Crippen LogP contribution in [0.4, 0.5) is 5.69 Å². The van der Waals surface area contributed by atoms with E-state index in [1.807, 2.05) is 37.4 Å². The first-order chi connectivity index (χ1) is 12.2. The fourth-order valence-electron chi connectivity index (χ4n) is 2.30. The molecule has 0 atom stereocenters. The summed E-state index contributed by atoms with van der Waals surface area (Å²) in [5.41, 5.74) is 3.39. The van der Waals surface area contributed by atoms with Crippen LogP contribution in [-0.2, 0) is 20.1 Å². The molecule has 7 heteroatoms. The van der Waals surface area contributed by atoms with Crippen molar-refractivity contribution in [1.29, 1.82) is 0 Å². The lowest BCUT2D eigenvalue weighted by molar-refractivity contribution is 0.680. The maximum Gasteiger partial charge on any atom is 0.196 e. The normalized spacial score (nSPS) is 10.9. The average Bonchev–Trinajstić information content (AvgIpc) is 3.04. The SMILES string of the molecule is Cc1ccc(CN=C(NCc2ncnn2C)Nc2ccccc2)cc1.I. The van der Waals surface area contributed by atoms with Gasteiger partial charge in [0.25, 0.3) is 0 Å². The molecule has 0 radical (unpaired) electrons. The summed E-state index contributed by atoms with van der Waals surface area (Å²) in [6.07, 6.45) is 1.55. The predicted octanol–water partition coefficient (Wildman–Crippen LogP) is 3.50. The molecule has 26 heavy (non-hydrogen) atoms. The Labute approximate surface area is 170 Å². The van der Waals surface area contributed by atoms with Crippen LogP contribution in [0.1, 0.15) is 17.0 Å². The topological polar surface area (TPSA) is 67.1 Å². The third-order valence-corrected chi connectivity index (χ3v) is 3.80. The highest BCUT2D eigenvalue weighted by Gasteiger charge is 2.04. The van der Waals surface area contributed by atoms with Gasteiger partial charge in [0, 0.05) is 12.7 Å². The van der Waals surface area contributed by atoms with Gasteiger partial charge in [-0.25, -0.2) is 9.98 Å². The summed E-state index contributed by atoms with van der Waals surface area (Å²) >= 11 is 0. The van der Waals surface area contributed by atoms with E-state index in [4.69, 9.17) is 0 Å². The van der Waals surface area contributed by atoms with Crippen LogP contribution in [0, 0.1) is 6.92 Å². The van der Waals surface area contributed by atoms with Crippen molar-refractivity contribution in [2.24, 2.45) is 12.0 Å². The standard InChI is InChI=1S/C19H22N6.HI/c1-15-8-10-16(11-9-15)12-20-19(24-17-6-4-3-5-7-17)21-13-18-22-14-23-25(18)2;/h3-11,14H,12-13H2,1-2H3,(H2,20,21,24);1H. The quantitative estimate of drug-likeness (QED) is 0.346. The molecule has 3 aromatic rings. The Morgan fingerprint density at radius 1 is 1.08 bits per heavy atom. The highest BCUT2D eigenvalue weighted by atomic mass is 127. The number of guanidine groups is 1. The molecule has 0 aliphatic heterocycles. The molecule has 0 amide bonds. The lowest BCUT2D eigenvalue weighted by Crippen LogP contribution is -2.31. The third kappa shape index (κ3) is 5.83. The van der Waals surface area contributed by atoms with Crippen molar-refractivity contribution in [3.8, 4) is 0 Å². The number of rotatable bonds is 5. The lowest BCUT2D eigenvalue weighted by Gasteiger charge is -2.12. The molecule has 0 fully saturated rings. The molecule has 0 aliphatic carbocycles. The van der Waals surface area contributed by atoms with Crippen molar-refractivity contribution in [3.05, 3.63) is 77.9 Å². The molecule has 3 rings (SSSR count). The zero-order chi connectivity index (χ0) is 17.5. The van der Waals surface area contributed by atoms with Crippen LogP contribution in [0.3, 0.4) is 0 Å². The smallest absolute Gasteiger partial charge is 0.196 e. The van der Waals surface area contributed by atoms with Gasteiger partial charge in [-0.05, 0) is 24.6 Å². The van der Waals surface area contributed by atoms with Crippen molar-refractivity contribution in [1.82, 2.24) is 20.1 Å². The van der Waals surface area contributed by atoms with E-state index in [1.165, 1.54) is 11.1 Å². The Bertz CT molecular complexity index is 827. The molecule has 2 aromatic carbocycles. The number of nitrogens with one attached hydrogen (secondary N) is 2. The number of nitrogens with zero attached hydrogens (tertiary/aromatic N) is 4. The number of benzene rings is 2. The van der Waals surface area contributed by atoms with Crippen molar-refractivity contribution in [2.75, 3.05) is 5.32 Å². The van der Waals surface area contributed by atoms with E-state index in [9.17, 15) is 0 Å². The van der Waals surface area contributed by atoms with E-state index in [-0.39, 0.29) is 24.0 Å². The second-order valence-electron chi connectivity index (χ2n) is 5.79. The van der Waals surface area contributed by atoms with E-state index in [0.717, 1.165) is 11.5 Å². The summed E-state index contributed by atoms with van der Waals surface area (Å²) in [4.78, 5) is 8.91. The highest BCUT2D eigenvalue weighted by Crippen LogP contribution is 2.07. The molecule has 0 bridgehead atoms. The maximum atomic E-state index is 4.69. The predicted molar refractivity (Wildman–Crippen MR) is 116 cm³/mol. The number of aliphatic imine (C=N–C) groups is 1. The van der Waals surface area contributed by atoms with Gasteiger partial charge in [-0.2, -0.15) is 5.10 Å². The Balaban J connectivity index is 0.00000243. The molecule has 136 valence electrons. The summed E-state index contributed by atoms with van der Waals surface area (Å²) in [6, 6.07) is 18.4. The summed E-state index contributed by atoms with van der Waals surface area (Å²) in [6.45, 7) is 3.22. The Morgan fingerprint density at radius 2 is 1.81 bits per heavy atom. The highest BCUT2D eigenvalue weighted by molar-refractivity contribution is 14.0. The summed E-state index contributed by atoms with van der Waals surface area (Å²) < 4.78 is 1.74. The van der Waals surface area contributed by atoms with Gasteiger partial charge in [0.1, 0.15) is 12.2 Å². The number of hydrogen-bond acceptors (Lipinski definition) is 3. The second-order valence-corrected chi connectivity index (χ2v) is 5.79. The molecule has 0 spiro atoms. The molecule has 0 saturated heterocycles. The number of halogens is 1. The maximum absolute atomic E-state index is 4.69. The van der Waals surface area contributed by atoms with Crippen LogP contribution in [0.25, 0.3) is 0 Å². The zero-order valence-corrected chi connectivity index (χ0v) is 17.2. The summed E-state index contributed by atoms with van der Waals surface area (Å²) in [5, 5.41) is 10.7. The summed E-state index contributed by atoms with van der Waals surface area (Å²) in [7, 11) is 1.87. The van der Waals surface area contributed by atoms with E-state index < -0.39 is 0 Å². The van der Waals surface area contributed by atoms with Crippen LogP contribution < -0.4 is 10.6 Å². The molecule has 2 N–H and O–H groups in total. The number of aromatic nitrogens is 3. The summed E-state index contributed by atoms with van der Waals surface area (Å²) in [5.74, 6) is 1.55. The molecule has 1 aromatic heterocycles. The molecular formula is C19H23IN6. The van der Waals surface area contributed by atoms with Crippen molar-refractivity contribution in [2.45, 2.75) is 20.0 Å². The van der Waals surface area contributed by atoms with Crippen molar-refractivity contribution in [3.63, 3.8) is 0 Å². The molecule has 0 saturated carbocycles. The third-order valence-electron chi connectivity index (χ3n) is 3.80. The van der Waals surface area contributed by atoms with E-state index in [2.05, 4.69) is 56.9 Å². The van der Waals surface area contributed by atoms with Gasteiger partial charge in [-0.1, -0.05) is 48.0 Å². The average molecular weight is 462 g/mol. The number of anilines is 1. The second kappa shape index (κ2) is 9.91. The zero-order valence-electron chi connectivity index (χ0n) is 14.9. The largest absolute Gasteiger partial charge is 0.349 e. The van der Waals surface area contributed by atoms with Crippen molar-refractivity contribution < 1.29 is 0 Å². The van der Waals surface area contributed by atoms with Crippen LogP contribution in [-0.4, -0.2) is 20.7 Å². The van der Waals surface area contributed by atoms with Crippen LogP contribution >= 0.6 is 24.0 Å². The molecule has 0 unspecified atom stereocenters. The van der Waals surface area contributed by atoms with Gasteiger partial charge in [-0.15, -0.1) is 24.0 Å². The van der Waals surface area contributed by atoms with Crippen LogP contribution in [0.2, 0.25) is 0 Å². The molecular weight excluding hydrogens is 439 g/mol.